The maximum absolute atomic E-state index is 13.4. The number of hydrogen-bond acceptors (Lipinski definition) is 4. The molecule has 3 aromatic rings. The highest BCUT2D eigenvalue weighted by Gasteiger charge is 2.23. The van der Waals surface area contributed by atoms with Crippen molar-refractivity contribution in [2.45, 2.75) is 19.1 Å². The Bertz CT molecular complexity index is 1040. The van der Waals surface area contributed by atoms with Crippen molar-refractivity contribution in [3.63, 3.8) is 0 Å². The molecule has 0 saturated heterocycles. The summed E-state index contributed by atoms with van der Waals surface area (Å²) in [6, 6.07) is 18.6. The first-order valence-corrected chi connectivity index (χ1v) is 9.55. The van der Waals surface area contributed by atoms with E-state index in [2.05, 4.69) is 5.32 Å². The van der Waals surface area contributed by atoms with Crippen molar-refractivity contribution in [2.75, 3.05) is 7.11 Å². The molecule has 0 heterocycles. The molecule has 1 atom stereocenters. The summed E-state index contributed by atoms with van der Waals surface area (Å²) in [4.78, 5) is 24.5. The van der Waals surface area contributed by atoms with Crippen molar-refractivity contribution in [1.29, 1.82) is 0 Å². The molecule has 3 aromatic carbocycles. The predicted octanol–water partition coefficient (Wildman–Crippen LogP) is 4.06. The summed E-state index contributed by atoms with van der Waals surface area (Å²) in [5.41, 5.74) is 1.70. The Morgan fingerprint density at radius 2 is 1.61 bits per heavy atom. The smallest absolute Gasteiger partial charge is 0.328 e. The Hall–Kier alpha value is -3.74. The van der Waals surface area contributed by atoms with Gasteiger partial charge in [-0.05, 0) is 41.5 Å². The van der Waals surface area contributed by atoms with Crippen molar-refractivity contribution in [2.24, 2.45) is 0 Å². The summed E-state index contributed by atoms with van der Waals surface area (Å²) in [6.45, 7) is 0.426. The molecule has 0 bridgehead atoms. The van der Waals surface area contributed by atoms with Crippen LogP contribution in [-0.2, 0) is 22.6 Å². The average Bonchev–Trinajstić information content (AvgIpc) is 2.80. The molecule has 0 aromatic heterocycles. The molecule has 0 unspecified atom stereocenters. The Kier molecular flexibility index (Phi) is 7.32. The van der Waals surface area contributed by atoms with Gasteiger partial charge in [-0.15, -0.1) is 0 Å². The second-order valence-corrected chi connectivity index (χ2v) is 6.80. The number of carbonyl (C=O) groups is 2. The van der Waals surface area contributed by atoms with Crippen LogP contribution in [0, 0.1) is 11.6 Å². The maximum Gasteiger partial charge on any atom is 0.328 e. The molecule has 7 heteroatoms. The minimum Gasteiger partial charge on any atom is -0.489 e. The summed E-state index contributed by atoms with van der Waals surface area (Å²) >= 11 is 0. The monoisotopic (exact) mass is 425 g/mol. The van der Waals surface area contributed by atoms with E-state index in [1.165, 1.54) is 7.11 Å². The molecule has 0 fully saturated rings. The van der Waals surface area contributed by atoms with Gasteiger partial charge in [0, 0.05) is 12.0 Å². The fourth-order valence-corrected chi connectivity index (χ4v) is 2.91. The van der Waals surface area contributed by atoms with Crippen LogP contribution in [0.3, 0.4) is 0 Å². The van der Waals surface area contributed by atoms with E-state index in [0.717, 1.165) is 29.3 Å². The van der Waals surface area contributed by atoms with Crippen LogP contribution >= 0.6 is 0 Å². The van der Waals surface area contributed by atoms with Crippen LogP contribution in [0.25, 0.3) is 0 Å². The standard InChI is InChI=1S/C24H21F2NO4/c1-30-24(29)22(27-23(28)18-9-12-20(25)21(26)14-18)13-16-7-10-19(11-8-16)31-15-17-5-3-2-4-6-17/h2-12,14,22H,13,15H2,1H3,(H,27,28)/t22-/m0/s1. The SMILES string of the molecule is COC(=O)[C@H](Cc1ccc(OCc2ccccc2)cc1)NC(=O)c1ccc(F)c(F)c1. The molecule has 0 aliphatic heterocycles. The Morgan fingerprint density at radius 1 is 0.903 bits per heavy atom. The fourth-order valence-electron chi connectivity index (χ4n) is 2.91. The molecule has 1 amide bonds. The van der Waals surface area contributed by atoms with E-state index in [0.29, 0.717) is 12.4 Å². The highest BCUT2D eigenvalue weighted by atomic mass is 19.2. The highest BCUT2D eigenvalue weighted by Crippen LogP contribution is 2.16. The number of esters is 1. The minimum absolute atomic E-state index is 0.0996. The molecule has 0 aliphatic rings. The van der Waals surface area contributed by atoms with Crippen molar-refractivity contribution in [3.05, 3.63) is 101 Å². The lowest BCUT2D eigenvalue weighted by Crippen LogP contribution is -2.43. The molecule has 31 heavy (non-hydrogen) atoms. The molecule has 5 nitrogen and oxygen atoms in total. The third-order valence-corrected chi connectivity index (χ3v) is 4.58. The number of ether oxygens (including phenoxy) is 2. The lowest BCUT2D eigenvalue weighted by atomic mass is 10.0. The lowest BCUT2D eigenvalue weighted by Gasteiger charge is -2.17. The van der Waals surface area contributed by atoms with E-state index in [1.54, 1.807) is 24.3 Å². The number of hydrogen-bond donors (Lipinski definition) is 1. The van der Waals surface area contributed by atoms with Crippen LogP contribution in [0.4, 0.5) is 8.78 Å². The van der Waals surface area contributed by atoms with E-state index >= 15 is 0 Å². The second-order valence-electron chi connectivity index (χ2n) is 6.80. The predicted molar refractivity (Wildman–Crippen MR) is 111 cm³/mol. The third-order valence-electron chi connectivity index (χ3n) is 4.58. The number of methoxy groups -OCH3 is 1. The second kappa shape index (κ2) is 10.3. The molecule has 0 aliphatic carbocycles. The zero-order chi connectivity index (χ0) is 22.2. The number of carbonyl (C=O) groups excluding carboxylic acids is 2. The van der Waals surface area contributed by atoms with Crippen LogP contribution in [0.5, 0.6) is 5.75 Å². The quantitative estimate of drug-likeness (QED) is 0.553. The van der Waals surface area contributed by atoms with Gasteiger partial charge in [-0.3, -0.25) is 4.79 Å². The molecule has 3 rings (SSSR count). The molecule has 0 saturated carbocycles. The van der Waals surface area contributed by atoms with Gasteiger partial charge in [-0.25, -0.2) is 13.6 Å². The van der Waals surface area contributed by atoms with Crippen molar-refractivity contribution < 1.29 is 27.8 Å². The zero-order valence-corrected chi connectivity index (χ0v) is 16.8. The minimum atomic E-state index is -1.15. The summed E-state index contributed by atoms with van der Waals surface area (Å²) in [7, 11) is 1.21. The number of halogens is 2. The van der Waals surface area contributed by atoms with E-state index < -0.39 is 29.6 Å². The van der Waals surface area contributed by atoms with Gasteiger partial charge in [0.1, 0.15) is 18.4 Å². The number of amides is 1. The highest BCUT2D eigenvalue weighted by molar-refractivity contribution is 5.96. The molecular weight excluding hydrogens is 404 g/mol. The average molecular weight is 425 g/mol. The summed E-state index contributed by atoms with van der Waals surface area (Å²) in [6.07, 6.45) is 0.154. The van der Waals surface area contributed by atoms with E-state index in [1.807, 2.05) is 30.3 Å². The van der Waals surface area contributed by atoms with Crippen molar-refractivity contribution >= 4 is 11.9 Å². The largest absolute Gasteiger partial charge is 0.489 e. The van der Waals surface area contributed by atoms with Gasteiger partial charge >= 0.3 is 5.97 Å². The molecule has 1 N–H and O–H groups in total. The van der Waals surface area contributed by atoms with Crippen LogP contribution in [-0.4, -0.2) is 25.0 Å². The summed E-state index contributed by atoms with van der Waals surface area (Å²) < 4.78 is 37.0. The van der Waals surface area contributed by atoms with Gasteiger partial charge in [0.05, 0.1) is 7.11 Å². The summed E-state index contributed by atoms with van der Waals surface area (Å²) in [5.74, 6) is -2.91. The van der Waals surface area contributed by atoms with Gasteiger partial charge in [0.2, 0.25) is 0 Å². The van der Waals surface area contributed by atoms with E-state index in [9.17, 15) is 18.4 Å². The molecule has 0 radical (unpaired) electrons. The maximum atomic E-state index is 13.4. The summed E-state index contributed by atoms with van der Waals surface area (Å²) in [5, 5.41) is 2.51. The van der Waals surface area contributed by atoms with Crippen molar-refractivity contribution in [1.82, 2.24) is 5.32 Å². The molecule has 0 spiro atoms. The normalized spacial score (nSPS) is 11.5. The fraction of sp³-hybridized carbons (Fsp3) is 0.167. The topological polar surface area (TPSA) is 64.6 Å². The Labute approximate surface area is 178 Å². The van der Waals surface area contributed by atoms with Gasteiger partial charge in [-0.2, -0.15) is 0 Å². The first kappa shape index (κ1) is 22.0. The number of nitrogens with one attached hydrogen (secondary N) is 1. The van der Waals surface area contributed by atoms with Crippen LogP contribution in [0.1, 0.15) is 21.5 Å². The first-order valence-electron chi connectivity index (χ1n) is 9.55. The zero-order valence-electron chi connectivity index (χ0n) is 16.8. The van der Waals surface area contributed by atoms with E-state index in [4.69, 9.17) is 9.47 Å². The van der Waals surface area contributed by atoms with Gasteiger partial charge in [0.15, 0.2) is 11.6 Å². The third kappa shape index (κ3) is 6.12. The Balaban J connectivity index is 1.64. The number of rotatable bonds is 8. The van der Waals surface area contributed by atoms with Gasteiger partial charge in [-0.1, -0.05) is 42.5 Å². The molecule has 160 valence electrons. The van der Waals surface area contributed by atoms with Crippen LogP contribution < -0.4 is 10.1 Å². The van der Waals surface area contributed by atoms with E-state index in [-0.39, 0.29) is 12.0 Å². The number of benzene rings is 3. The van der Waals surface area contributed by atoms with Crippen LogP contribution in [0.2, 0.25) is 0 Å². The van der Waals surface area contributed by atoms with Crippen molar-refractivity contribution in [3.8, 4) is 5.75 Å². The van der Waals surface area contributed by atoms with Crippen LogP contribution in [0.15, 0.2) is 72.8 Å². The van der Waals surface area contributed by atoms with Gasteiger partial charge in [0.25, 0.3) is 5.91 Å². The molecular formula is C24H21F2NO4. The Morgan fingerprint density at radius 3 is 2.26 bits per heavy atom. The van der Waals surface area contributed by atoms with Gasteiger partial charge < -0.3 is 14.8 Å². The first-order chi connectivity index (χ1) is 15.0. The lowest BCUT2D eigenvalue weighted by molar-refractivity contribution is -0.142.